The third-order valence-corrected chi connectivity index (χ3v) is 3.19. The summed E-state index contributed by atoms with van der Waals surface area (Å²) in [7, 11) is -2.48. The van der Waals surface area contributed by atoms with Crippen LogP contribution in [0.5, 0.6) is 0 Å². The zero-order valence-electron chi connectivity index (χ0n) is 10.2. The van der Waals surface area contributed by atoms with E-state index in [1.165, 1.54) is 6.20 Å². The van der Waals surface area contributed by atoms with Crippen LogP contribution in [0.25, 0.3) is 11.3 Å². The molecule has 0 amide bonds. The Morgan fingerprint density at radius 1 is 1.25 bits per heavy atom. The molecule has 1 aromatic carbocycles. The second kappa shape index (κ2) is 5.66. The van der Waals surface area contributed by atoms with E-state index in [0.717, 1.165) is 0 Å². The van der Waals surface area contributed by atoms with Crippen molar-refractivity contribution < 1.29 is 18.3 Å². The van der Waals surface area contributed by atoms with Crippen LogP contribution in [0.4, 0.5) is 5.82 Å². The molecule has 0 bridgehead atoms. The third-order valence-electron chi connectivity index (χ3n) is 2.56. The van der Waals surface area contributed by atoms with Crippen molar-refractivity contribution >= 4 is 22.5 Å². The van der Waals surface area contributed by atoms with Crippen molar-refractivity contribution in [2.24, 2.45) is 0 Å². The molecule has 20 heavy (non-hydrogen) atoms. The first-order valence-corrected chi connectivity index (χ1v) is 6.90. The molecule has 104 valence electrons. The van der Waals surface area contributed by atoms with Gasteiger partial charge in [0.15, 0.2) is 11.5 Å². The quantitative estimate of drug-likeness (QED) is 0.703. The summed E-state index contributed by atoms with van der Waals surface area (Å²) in [4.78, 5) is 18.6. The third kappa shape index (κ3) is 3.09. The predicted octanol–water partition coefficient (Wildman–Crippen LogP) is 0.535. The van der Waals surface area contributed by atoms with E-state index in [1.807, 2.05) is 0 Å². The van der Waals surface area contributed by atoms with Crippen LogP contribution >= 0.6 is 0 Å². The van der Waals surface area contributed by atoms with E-state index in [1.54, 1.807) is 24.3 Å². The van der Waals surface area contributed by atoms with E-state index in [9.17, 15) is 13.2 Å². The van der Waals surface area contributed by atoms with Crippen LogP contribution in [0.15, 0.2) is 30.5 Å². The van der Waals surface area contributed by atoms with Gasteiger partial charge in [-0.25, -0.2) is 23.2 Å². The van der Waals surface area contributed by atoms with Gasteiger partial charge in [0.05, 0.1) is 17.6 Å². The van der Waals surface area contributed by atoms with Gasteiger partial charge in [-0.2, -0.15) is 0 Å². The molecule has 0 atom stereocenters. The molecule has 0 unspecified atom stereocenters. The molecule has 0 aliphatic heterocycles. The first-order chi connectivity index (χ1) is 9.47. The van der Waals surface area contributed by atoms with E-state index in [0.29, 0.717) is 16.8 Å². The summed E-state index contributed by atoms with van der Waals surface area (Å²) in [6, 6.07) is 6.58. The van der Waals surface area contributed by atoms with Gasteiger partial charge in [-0.3, -0.25) is 0 Å². The van der Waals surface area contributed by atoms with Crippen molar-refractivity contribution in [1.82, 2.24) is 9.97 Å². The number of nitrogen functional groups attached to an aromatic ring is 1. The molecular formula is C12H11N3O4S. The maximum atomic E-state index is 10.9. The molecule has 2 rings (SSSR count). The molecule has 0 aliphatic rings. The van der Waals surface area contributed by atoms with Gasteiger partial charge in [0.1, 0.15) is 10.7 Å². The lowest BCUT2D eigenvalue weighted by molar-refractivity contribution is 0.0691. The van der Waals surface area contributed by atoms with Crippen LogP contribution in [0.2, 0.25) is 0 Å². The normalized spacial score (nSPS) is 10.7. The lowest BCUT2D eigenvalue weighted by Crippen LogP contribution is -2.08. The standard InChI is InChI=1S/C12H11N3O4S/c13-11-10(12(16)17)15-9(5-14-11)8-3-1-7(2-4-8)6-20(18)19/h1-5,20H,6H2,(H2,13,14)(H,16,17). The highest BCUT2D eigenvalue weighted by Crippen LogP contribution is 2.19. The van der Waals surface area contributed by atoms with Crippen molar-refractivity contribution in [2.75, 3.05) is 5.73 Å². The van der Waals surface area contributed by atoms with Crippen molar-refractivity contribution in [3.8, 4) is 11.3 Å². The van der Waals surface area contributed by atoms with Gasteiger partial charge in [0, 0.05) is 5.56 Å². The average Bonchev–Trinajstić information content (AvgIpc) is 2.39. The summed E-state index contributed by atoms with van der Waals surface area (Å²) in [5.74, 6) is -1.44. The molecule has 8 heteroatoms. The highest BCUT2D eigenvalue weighted by molar-refractivity contribution is 7.71. The molecule has 7 nitrogen and oxygen atoms in total. The maximum Gasteiger partial charge on any atom is 0.358 e. The van der Waals surface area contributed by atoms with Crippen LogP contribution in [0.3, 0.4) is 0 Å². The number of benzene rings is 1. The predicted molar refractivity (Wildman–Crippen MR) is 72.9 cm³/mol. The molecule has 2 aromatic rings. The van der Waals surface area contributed by atoms with Gasteiger partial charge in [0.2, 0.25) is 0 Å². The number of thiol groups is 1. The largest absolute Gasteiger partial charge is 0.476 e. The number of hydrogen-bond acceptors (Lipinski definition) is 6. The summed E-state index contributed by atoms with van der Waals surface area (Å²) in [5, 5.41) is 8.93. The maximum absolute atomic E-state index is 10.9. The molecule has 0 spiro atoms. The van der Waals surface area contributed by atoms with E-state index < -0.39 is 16.7 Å². The molecule has 1 heterocycles. The molecule has 0 fully saturated rings. The molecule has 0 saturated carbocycles. The van der Waals surface area contributed by atoms with Crippen LogP contribution in [0.1, 0.15) is 16.1 Å². The SMILES string of the molecule is Nc1ncc(-c2ccc(C[SH](=O)=O)cc2)nc1C(=O)O. The second-order valence-electron chi connectivity index (χ2n) is 3.98. The van der Waals surface area contributed by atoms with E-state index >= 15 is 0 Å². The summed E-state index contributed by atoms with van der Waals surface area (Å²) in [6.45, 7) is 0. The number of nitrogens with two attached hydrogens (primary N) is 1. The van der Waals surface area contributed by atoms with E-state index in [4.69, 9.17) is 10.8 Å². The highest BCUT2D eigenvalue weighted by atomic mass is 32.2. The summed E-state index contributed by atoms with van der Waals surface area (Å²) in [5.41, 5.74) is 6.75. The Kier molecular flexibility index (Phi) is 3.94. The van der Waals surface area contributed by atoms with Crippen molar-refractivity contribution in [3.05, 3.63) is 41.7 Å². The number of rotatable bonds is 4. The van der Waals surface area contributed by atoms with Gasteiger partial charge in [-0.15, -0.1) is 0 Å². The zero-order valence-corrected chi connectivity index (χ0v) is 11.1. The number of carboxylic acids is 1. The second-order valence-corrected chi connectivity index (χ2v) is 4.96. The van der Waals surface area contributed by atoms with Crippen LogP contribution in [-0.2, 0) is 16.5 Å². The van der Waals surface area contributed by atoms with Crippen LogP contribution in [0, 0.1) is 0 Å². The number of aromatic carboxylic acids is 1. The average molecular weight is 293 g/mol. The number of anilines is 1. The fourth-order valence-corrected chi connectivity index (χ4v) is 2.13. The highest BCUT2D eigenvalue weighted by Gasteiger charge is 2.13. The number of carboxylic acid groups (broad SMARTS) is 1. The number of hydrogen-bond donors (Lipinski definition) is 3. The Hall–Kier alpha value is -2.48. The minimum absolute atomic E-state index is 0.0383. The zero-order chi connectivity index (χ0) is 14.7. The topological polar surface area (TPSA) is 123 Å². The summed E-state index contributed by atoms with van der Waals surface area (Å²) >= 11 is 0. The first kappa shape index (κ1) is 13.9. The molecule has 0 aliphatic carbocycles. The van der Waals surface area contributed by atoms with Gasteiger partial charge in [-0.05, 0) is 5.56 Å². The Morgan fingerprint density at radius 2 is 1.90 bits per heavy atom. The van der Waals surface area contributed by atoms with Gasteiger partial charge >= 0.3 is 5.97 Å². The van der Waals surface area contributed by atoms with Gasteiger partial charge < -0.3 is 10.8 Å². The smallest absolute Gasteiger partial charge is 0.358 e. The Morgan fingerprint density at radius 3 is 2.45 bits per heavy atom. The van der Waals surface area contributed by atoms with E-state index in [-0.39, 0.29) is 17.3 Å². The molecule has 3 N–H and O–H groups in total. The molecule has 1 aromatic heterocycles. The van der Waals surface area contributed by atoms with E-state index in [2.05, 4.69) is 9.97 Å². The lowest BCUT2D eigenvalue weighted by Gasteiger charge is -2.04. The van der Waals surface area contributed by atoms with Crippen molar-refractivity contribution in [3.63, 3.8) is 0 Å². The minimum atomic E-state index is -2.48. The number of carbonyl (C=O) groups is 1. The molecule has 0 saturated heterocycles. The minimum Gasteiger partial charge on any atom is -0.476 e. The summed E-state index contributed by atoms with van der Waals surface area (Å²) < 4.78 is 21.2. The van der Waals surface area contributed by atoms with Gasteiger partial charge in [-0.1, -0.05) is 24.3 Å². The van der Waals surface area contributed by atoms with Crippen molar-refractivity contribution in [1.29, 1.82) is 0 Å². The monoisotopic (exact) mass is 293 g/mol. The Balaban J connectivity index is 2.36. The Bertz CT molecular complexity index is 718. The van der Waals surface area contributed by atoms with Crippen LogP contribution in [-0.4, -0.2) is 29.5 Å². The summed E-state index contributed by atoms with van der Waals surface area (Å²) in [6.07, 6.45) is 1.37. The fraction of sp³-hybridized carbons (Fsp3) is 0.0833. The number of nitrogens with zero attached hydrogens (tertiary/aromatic N) is 2. The van der Waals surface area contributed by atoms with Crippen LogP contribution < -0.4 is 5.73 Å². The van der Waals surface area contributed by atoms with Crippen molar-refractivity contribution in [2.45, 2.75) is 5.75 Å². The Labute approximate surface area is 116 Å². The van der Waals surface area contributed by atoms with Gasteiger partial charge in [0.25, 0.3) is 0 Å². The lowest BCUT2D eigenvalue weighted by atomic mass is 10.1. The first-order valence-electron chi connectivity index (χ1n) is 5.54. The molecular weight excluding hydrogens is 282 g/mol. The fourth-order valence-electron chi connectivity index (χ4n) is 1.62. The number of aromatic nitrogens is 2. The molecule has 0 radical (unpaired) electrons.